The molecule has 0 aliphatic carbocycles. The lowest BCUT2D eigenvalue weighted by molar-refractivity contribution is 0.465. The third-order valence-corrected chi connectivity index (χ3v) is 25.9. The average Bonchev–Trinajstić information content (AvgIpc) is 0.723. The first-order valence-electron chi connectivity index (χ1n) is 42.8. The fraction of sp³-hybridized carbons (Fsp3) is 0.0609. The second kappa shape index (κ2) is 30.9. The summed E-state index contributed by atoms with van der Waals surface area (Å²) in [5.41, 5.74) is 39.6. The molecule has 0 bridgehead atoms. The van der Waals surface area contributed by atoms with E-state index in [2.05, 4.69) is 419 Å². The first kappa shape index (κ1) is 75.2. The molecule has 0 fully saturated rings. The lowest BCUT2D eigenvalue weighted by Crippen LogP contribution is -2.57. The van der Waals surface area contributed by atoms with Gasteiger partial charge in [-0.05, 0) is 258 Å². The molecule has 0 aromatic heterocycles. The van der Waals surface area contributed by atoms with Crippen LogP contribution >= 0.6 is 0 Å². The minimum atomic E-state index is 0.00306. The molecule has 0 atom stereocenters. The molecule has 0 unspecified atom stereocenters. The van der Waals surface area contributed by atoms with Crippen LogP contribution in [-0.4, -0.2) is 20.1 Å². The number of fused-ring (bicyclic) bond motifs is 12. The van der Waals surface area contributed by atoms with Gasteiger partial charge in [-0.3, -0.25) is 0 Å². The number of hydrogen-bond acceptors (Lipinski definition) is 6. The largest absolute Gasteiger partial charge is 0.458 e. The Kier molecular flexibility index (Phi) is 18.7. The lowest BCUT2D eigenvalue weighted by Gasteiger charge is -2.34. The molecule has 0 saturated heterocycles. The van der Waals surface area contributed by atoms with Gasteiger partial charge in [-0.1, -0.05) is 322 Å². The minimum absolute atomic E-state index is 0.00306. The number of para-hydroxylation sites is 3. The summed E-state index contributed by atoms with van der Waals surface area (Å²) in [6.45, 7) is 15.1. The molecular weight excluding hydrogens is 1510 g/mol. The van der Waals surface area contributed by atoms with Crippen molar-refractivity contribution >= 4 is 69.3 Å². The first-order chi connectivity index (χ1) is 60.9. The van der Waals surface area contributed by atoms with E-state index >= 15 is 0 Å². The Balaban J connectivity index is 0.000000111. The number of ether oxygens (including phenoxy) is 6. The van der Waals surface area contributed by atoms with Crippen LogP contribution in [-0.2, 0) is 0 Å². The maximum atomic E-state index is 6.91. The molecule has 588 valence electrons. The van der Waals surface area contributed by atoms with Gasteiger partial charge in [0.25, 0.3) is 20.1 Å². The van der Waals surface area contributed by atoms with Gasteiger partial charge in [0.05, 0.1) is 0 Å². The van der Waals surface area contributed by atoms with Crippen LogP contribution < -0.4 is 77.6 Å². The van der Waals surface area contributed by atoms with E-state index in [0.29, 0.717) is 0 Å². The number of rotatable bonds is 9. The van der Waals surface area contributed by atoms with Crippen LogP contribution in [0.4, 0.5) is 0 Å². The molecule has 24 rings (SSSR count). The Morgan fingerprint density at radius 3 is 0.702 bits per heavy atom. The highest BCUT2D eigenvalue weighted by atomic mass is 16.5. The fourth-order valence-corrected chi connectivity index (χ4v) is 19.7. The van der Waals surface area contributed by atoms with Gasteiger partial charge in [-0.2, -0.15) is 0 Å². The van der Waals surface area contributed by atoms with Crippen LogP contribution in [0.2, 0.25) is 0 Å². The van der Waals surface area contributed by atoms with Crippen LogP contribution in [0.5, 0.6) is 69.0 Å². The zero-order valence-corrected chi connectivity index (χ0v) is 70.0. The summed E-state index contributed by atoms with van der Waals surface area (Å²) >= 11 is 0. The molecule has 6 heterocycles. The molecule has 0 radical (unpaired) electrons. The highest BCUT2D eigenvalue weighted by Crippen LogP contribution is 2.48. The van der Waals surface area contributed by atoms with Crippen LogP contribution in [0, 0.1) is 48.5 Å². The number of hydrogen-bond donors (Lipinski definition) is 0. The predicted octanol–water partition coefficient (Wildman–Crippen LogP) is 24.4. The van der Waals surface area contributed by atoms with E-state index in [4.69, 9.17) is 28.4 Å². The summed E-state index contributed by atoms with van der Waals surface area (Å²) in [6.07, 6.45) is 0. The second-order valence-corrected chi connectivity index (χ2v) is 33.4. The van der Waals surface area contributed by atoms with Crippen molar-refractivity contribution in [3.8, 4) is 169 Å². The van der Waals surface area contributed by atoms with E-state index in [1.54, 1.807) is 0 Å². The maximum Gasteiger partial charge on any atom is 0.260 e. The van der Waals surface area contributed by atoms with E-state index in [1.165, 1.54) is 94.4 Å². The molecule has 9 heteroatoms. The smallest absolute Gasteiger partial charge is 0.260 e. The fourth-order valence-electron chi connectivity index (χ4n) is 19.7. The van der Waals surface area contributed by atoms with Crippen molar-refractivity contribution in [2.24, 2.45) is 0 Å². The second-order valence-electron chi connectivity index (χ2n) is 33.4. The third kappa shape index (κ3) is 13.1. The number of benzene rings is 18. The molecule has 6 aliphatic heterocycles. The van der Waals surface area contributed by atoms with Gasteiger partial charge in [0.1, 0.15) is 69.0 Å². The van der Waals surface area contributed by atoms with Crippen molar-refractivity contribution < 1.29 is 28.4 Å². The normalized spacial score (nSPS) is 12.5. The van der Waals surface area contributed by atoms with Crippen molar-refractivity contribution in [1.29, 1.82) is 0 Å². The van der Waals surface area contributed by atoms with Crippen molar-refractivity contribution in [3.63, 3.8) is 0 Å². The Hall–Kier alpha value is -15.0. The van der Waals surface area contributed by atoms with Gasteiger partial charge in [0.2, 0.25) is 0 Å². The zero-order chi connectivity index (χ0) is 83.4. The van der Waals surface area contributed by atoms with E-state index in [-0.39, 0.29) is 20.1 Å². The van der Waals surface area contributed by atoms with E-state index < -0.39 is 0 Å². The predicted molar refractivity (Wildman–Crippen MR) is 514 cm³/mol. The average molecular weight is 1590 g/mol. The van der Waals surface area contributed by atoms with E-state index in [1.807, 2.05) is 6.07 Å². The van der Waals surface area contributed by atoms with Crippen molar-refractivity contribution in [1.82, 2.24) is 0 Å². The molecule has 124 heavy (non-hydrogen) atoms. The summed E-state index contributed by atoms with van der Waals surface area (Å²) in [4.78, 5) is 0. The highest BCUT2D eigenvalue weighted by molar-refractivity contribution is 7.00. The monoisotopic (exact) mass is 1590 g/mol. The van der Waals surface area contributed by atoms with Crippen molar-refractivity contribution in [3.05, 3.63) is 415 Å². The summed E-state index contributed by atoms with van der Waals surface area (Å²) < 4.78 is 41.0. The Bertz CT molecular complexity index is 7370. The van der Waals surface area contributed by atoms with Gasteiger partial charge < -0.3 is 28.4 Å². The van der Waals surface area contributed by atoms with Crippen LogP contribution in [0.25, 0.3) is 100 Å². The van der Waals surface area contributed by atoms with E-state index in [9.17, 15) is 0 Å². The first-order valence-corrected chi connectivity index (χ1v) is 42.8. The zero-order valence-electron chi connectivity index (χ0n) is 70.0. The van der Waals surface area contributed by atoms with Gasteiger partial charge in [-0.25, -0.2) is 0 Å². The molecular formula is C115H83B3O6. The molecule has 0 amide bonds. The van der Waals surface area contributed by atoms with Crippen LogP contribution in [0.15, 0.2) is 376 Å². The van der Waals surface area contributed by atoms with Gasteiger partial charge in [0.15, 0.2) is 0 Å². The highest BCUT2D eigenvalue weighted by Gasteiger charge is 2.46. The summed E-state index contributed by atoms with van der Waals surface area (Å²) in [5, 5.41) is 0. The standard InChI is InChI=1S/C39H29BO2.2C38H27BO2/c1-24-11-4-7-14-29(24)27-19-20-33-35(21-27)41-36-22-28(30-15-8-5-12-25(30)2)23-37-38(36)40(33)34-18-10-17-32(39(34)42-37)31-16-9-6-13-26(31)3;1-24-11-6-8-15-29(24)27-19-20-32-34(21-27)40-35-22-28(30-16-9-7-12-25(30)2)23-36-37(35)39(32)33-18-10-17-31(38(33)41-36)26-13-4-3-5-14-26;1-24-11-6-8-15-29(24)28-22-35-37-36(23-28)41-38-31(30-16-9-7-12-25(30)2)17-10-18-33(38)39(37)32-20-19-27(21-34(32)40-35)26-13-4-3-5-14-26/h4-23H,1-3H3;2*3-23H,1-2H3. The molecule has 6 nitrogen and oxygen atoms in total. The molecule has 6 aliphatic rings. The SMILES string of the molecule is Cc1ccccc1-c1cc2c3c(c1)Oc1c(cccc1-c1ccccc1C)B3c1ccc(-c3ccccc3)cc1O2.Cc1ccccc1-c1ccc2c(c1)Oc1cc(-c3ccccc3C)cc3c1B2c1cccc(-c2ccccc2)c1O3.Cc1ccccc1-c1ccc2c(c1)Oc1cc(-c3ccccc3C)cc3c1B2c1cccc(-c2ccccc2C)c1O3. The summed E-state index contributed by atoms with van der Waals surface area (Å²) in [7, 11) is 0. The van der Waals surface area contributed by atoms with Crippen LogP contribution in [0.1, 0.15) is 38.9 Å². The molecule has 0 spiro atoms. The van der Waals surface area contributed by atoms with Crippen molar-refractivity contribution in [2.75, 3.05) is 0 Å². The molecule has 18 aromatic carbocycles. The third-order valence-electron chi connectivity index (χ3n) is 25.9. The Morgan fingerprint density at radius 1 is 0.145 bits per heavy atom. The summed E-state index contributed by atoms with van der Waals surface area (Å²) in [5.74, 6) is 10.6. The van der Waals surface area contributed by atoms with Gasteiger partial charge in [0, 0.05) is 33.1 Å². The molecule has 0 saturated carbocycles. The van der Waals surface area contributed by atoms with Crippen molar-refractivity contribution in [2.45, 2.75) is 48.5 Å². The van der Waals surface area contributed by atoms with Crippen LogP contribution in [0.3, 0.4) is 0 Å². The van der Waals surface area contributed by atoms with E-state index in [0.717, 1.165) is 163 Å². The molecule has 0 N–H and O–H groups in total. The Labute approximate surface area is 725 Å². The van der Waals surface area contributed by atoms with Gasteiger partial charge >= 0.3 is 0 Å². The number of aryl methyl sites for hydroxylation is 7. The molecule has 18 aromatic rings. The lowest BCUT2D eigenvalue weighted by atomic mass is 9.34. The topological polar surface area (TPSA) is 55.4 Å². The Morgan fingerprint density at radius 2 is 0.379 bits per heavy atom. The maximum absolute atomic E-state index is 6.91. The quantitative estimate of drug-likeness (QED) is 0.134. The summed E-state index contributed by atoms with van der Waals surface area (Å²) in [6, 6.07) is 133. The minimum Gasteiger partial charge on any atom is -0.458 e. The van der Waals surface area contributed by atoms with Gasteiger partial charge in [-0.15, -0.1) is 0 Å².